The van der Waals surface area contributed by atoms with Gasteiger partial charge in [-0.05, 0) is 17.9 Å². The van der Waals surface area contributed by atoms with Crippen molar-refractivity contribution in [2.45, 2.75) is 39.8 Å². The zero-order valence-electron chi connectivity index (χ0n) is 15.1. The van der Waals surface area contributed by atoms with Crippen molar-refractivity contribution < 1.29 is 9.84 Å². The van der Waals surface area contributed by atoms with Crippen molar-refractivity contribution in [2.75, 3.05) is 39.9 Å². The summed E-state index contributed by atoms with van der Waals surface area (Å²) in [5, 5.41) is 9.43. The first kappa shape index (κ1) is 18.2. The fourth-order valence-corrected chi connectivity index (χ4v) is 3.42. The molecule has 1 heterocycles. The van der Waals surface area contributed by atoms with E-state index in [9.17, 15) is 5.11 Å². The fraction of sp³-hybridized carbons (Fsp3) is 0.684. The van der Waals surface area contributed by atoms with Gasteiger partial charge in [0.15, 0.2) is 0 Å². The van der Waals surface area contributed by atoms with Crippen LogP contribution in [0, 0.1) is 5.41 Å². The molecule has 4 heteroatoms. The second-order valence-corrected chi connectivity index (χ2v) is 7.74. The van der Waals surface area contributed by atoms with Crippen LogP contribution in [0.4, 0.5) is 0 Å². The lowest BCUT2D eigenvalue weighted by atomic mass is 9.94. The smallest absolute Gasteiger partial charge is 0.123 e. The lowest BCUT2D eigenvalue weighted by molar-refractivity contribution is 0.0337. The first-order valence-corrected chi connectivity index (χ1v) is 8.62. The van der Waals surface area contributed by atoms with E-state index in [0.29, 0.717) is 11.5 Å². The number of methoxy groups -OCH3 is 1. The Labute approximate surface area is 141 Å². The molecule has 1 aromatic rings. The van der Waals surface area contributed by atoms with Crippen LogP contribution in [-0.2, 0) is 6.54 Å². The summed E-state index contributed by atoms with van der Waals surface area (Å²) in [7, 11) is 1.73. The second-order valence-electron chi connectivity index (χ2n) is 7.74. The summed E-state index contributed by atoms with van der Waals surface area (Å²) in [6.07, 6.45) is 0.846. The van der Waals surface area contributed by atoms with Gasteiger partial charge in [-0.3, -0.25) is 9.80 Å². The van der Waals surface area contributed by atoms with Gasteiger partial charge in [-0.2, -0.15) is 0 Å². The lowest BCUT2D eigenvalue weighted by Crippen LogP contribution is -2.54. The maximum Gasteiger partial charge on any atom is 0.123 e. The molecule has 0 amide bonds. The molecule has 0 bridgehead atoms. The van der Waals surface area contributed by atoms with Crippen molar-refractivity contribution >= 4 is 0 Å². The van der Waals surface area contributed by atoms with Crippen molar-refractivity contribution in [2.24, 2.45) is 5.41 Å². The van der Waals surface area contributed by atoms with Crippen molar-refractivity contribution in [3.63, 3.8) is 0 Å². The highest BCUT2D eigenvalue weighted by Gasteiger charge is 2.29. The number of hydrogen-bond acceptors (Lipinski definition) is 4. The van der Waals surface area contributed by atoms with Gasteiger partial charge in [0, 0.05) is 50.9 Å². The number of benzene rings is 1. The van der Waals surface area contributed by atoms with Gasteiger partial charge >= 0.3 is 0 Å². The molecule has 0 radical (unpaired) electrons. The van der Waals surface area contributed by atoms with Crippen LogP contribution >= 0.6 is 0 Å². The van der Waals surface area contributed by atoms with Gasteiger partial charge in [0.25, 0.3) is 0 Å². The van der Waals surface area contributed by atoms with E-state index in [2.05, 4.69) is 42.7 Å². The monoisotopic (exact) mass is 320 g/mol. The Morgan fingerprint density at radius 1 is 1.22 bits per heavy atom. The Morgan fingerprint density at radius 2 is 1.96 bits per heavy atom. The molecule has 4 nitrogen and oxygen atoms in total. The van der Waals surface area contributed by atoms with E-state index in [-0.39, 0.29) is 6.61 Å². The summed E-state index contributed by atoms with van der Waals surface area (Å²) < 4.78 is 5.47. The minimum Gasteiger partial charge on any atom is -0.496 e. The number of rotatable bonds is 6. The Kier molecular flexibility index (Phi) is 6.45. The Balaban J connectivity index is 2.01. The van der Waals surface area contributed by atoms with Gasteiger partial charge in [-0.25, -0.2) is 0 Å². The van der Waals surface area contributed by atoms with E-state index >= 15 is 0 Å². The SMILES string of the molecule is COc1ccccc1CN1CCN(CC(C)(C)C)[C@@H](CCO)C1. The molecule has 23 heavy (non-hydrogen) atoms. The minimum atomic E-state index is 0.258. The second kappa shape index (κ2) is 8.13. The topological polar surface area (TPSA) is 35.9 Å². The molecule has 0 spiro atoms. The third-order valence-electron chi connectivity index (χ3n) is 4.42. The van der Waals surface area contributed by atoms with Crippen molar-refractivity contribution in [3.8, 4) is 5.75 Å². The number of aliphatic hydroxyl groups excluding tert-OH is 1. The number of nitrogens with zero attached hydrogens (tertiary/aromatic N) is 2. The summed E-state index contributed by atoms with van der Waals surface area (Å²) in [6, 6.07) is 8.68. The molecular formula is C19H32N2O2. The zero-order chi connectivity index (χ0) is 16.9. The summed E-state index contributed by atoms with van der Waals surface area (Å²) in [4.78, 5) is 5.03. The van der Waals surface area contributed by atoms with Crippen LogP contribution in [0.3, 0.4) is 0 Å². The van der Waals surface area contributed by atoms with E-state index < -0.39 is 0 Å². The van der Waals surface area contributed by atoms with E-state index in [1.54, 1.807) is 7.11 Å². The van der Waals surface area contributed by atoms with Crippen LogP contribution < -0.4 is 4.74 Å². The molecule has 1 aliphatic heterocycles. The molecule has 1 fully saturated rings. The maximum atomic E-state index is 9.43. The average molecular weight is 320 g/mol. The van der Waals surface area contributed by atoms with Crippen LogP contribution in [0.1, 0.15) is 32.8 Å². The average Bonchev–Trinajstić information content (AvgIpc) is 2.49. The molecule has 0 saturated carbocycles. The number of para-hydroxylation sites is 1. The zero-order valence-corrected chi connectivity index (χ0v) is 15.1. The Bertz CT molecular complexity index is 485. The van der Waals surface area contributed by atoms with Gasteiger partial charge in [-0.15, -0.1) is 0 Å². The van der Waals surface area contributed by atoms with E-state index in [1.165, 1.54) is 5.56 Å². The van der Waals surface area contributed by atoms with E-state index in [0.717, 1.165) is 44.9 Å². The summed E-state index contributed by atoms with van der Waals surface area (Å²) >= 11 is 0. The predicted octanol–water partition coefficient (Wildman–Crippen LogP) is 2.61. The van der Waals surface area contributed by atoms with Crippen molar-refractivity contribution in [1.29, 1.82) is 0 Å². The summed E-state index contributed by atoms with van der Waals surface area (Å²) in [5.74, 6) is 0.961. The number of aliphatic hydroxyl groups is 1. The molecular weight excluding hydrogens is 288 g/mol. The number of hydrogen-bond donors (Lipinski definition) is 1. The highest BCUT2D eigenvalue weighted by atomic mass is 16.5. The quantitative estimate of drug-likeness (QED) is 0.874. The minimum absolute atomic E-state index is 0.258. The van der Waals surface area contributed by atoms with Gasteiger partial charge in [0.1, 0.15) is 5.75 Å². The molecule has 1 aromatic carbocycles. The van der Waals surface area contributed by atoms with Crippen LogP contribution in [0.25, 0.3) is 0 Å². The standard InChI is InChI=1S/C19H32N2O2/c1-19(2,3)15-21-11-10-20(14-17(21)9-12-22)13-16-7-5-6-8-18(16)23-4/h5-8,17,22H,9-15H2,1-4H3/t17-/m0/s1. The number of piperazine rings is 1. The first-order chi connectivity index (χ1) is 10.9. The number of ether oxygens (including phenoxy) is 1. The van der Waals surface area contributed by atoms with Crippen molar-refractivity contribution in [1.82, 2.24) is 9.80 Å². The van der Waals surface area contributed by atoms with Crippen LogP contribution in [-0.4, -0.2) is 60.8 Å². The largest absolute Gasteiger partial charge is 0.496 e. The predicted molar refractivity (Wildman–Crippen MR) is 94.8 cm³/mol. The molecule has 130 valence electrons. The molecule has 1 aliphatic rings. The lowest BCUT2D eigenvalue weighted by Gasteiger charge is -2.44. The first-order valence-electron chi connectivity index (χ1n) is 8.62. The Morgan fingerprint density at radius 3 is 2.61 bits per heavy atom. The normalized spacial score (nSPS) is 20.7. The van der Waals surface area contributed by atoms with Gasteiger partial charge < -0.3 is 9.84 Å². The van der Waals surface area contributed by atoms with Crippen LogP contribution in [0.2, 0.25) is 0 Å². The molecule has 1 saturated heterocycles. The van der Waals surface area contributed by atoms with E-state index in [4.69, 9.17) is 4.74 Å². The molecule has 0 unspecified atom stereocenters. The van der Waals surface area contributed by atoms with Crippen molar-refractivity contribution in [3.05, 3.63) is 29.8 Å². The third kappa shape index (κ3) is 5.48. The molecule has 0 aromatic heterocycles. The molecule has 1 N–H and O–H groups in total. The molecule has 0 aliphatic carbocycles. The summed E-state index contributed by atoms with van der Waals surface area (Å²) in [5.41, 5.74) is 1.53. The summed E-state index contributed by atoms with van der Waals surface area (Å²) in [6.45, 7) is 12.2. The van der Waals surface area contributed by atoms with Gasteiger partial charge in [-0.1, -0.05) is 39.0 Å². The third-order valence-corrected chi connectivity index (χ3v) is 4.42. The Hall–Kier alpha value is -1.10. The van der Waals surface area contributed by atoms with Crippen LogP contribution in [0.15, 0.2) is 24.3 Å². The van der Waals surface area contributed by atoms with E-state index in [1.807, 2.05) is 12.1 Å². The van der Waals surface area contributed by atoms with Gasteiger partial charge in [0.2, 0.25) is 0 Å². The van der Waals surface area contributed by atoms with Crippen LogP contribution in [0.5, 0.6) is 5.75 Å². The molecule has 2 rings (SSSR count). The molecule has 1 atom stereocenters. The van der Waals surface area contributed by atoms with Gasteiger partial charge in [0.05, 0.1) is 7.11 Å². The fourth-order valence-electron chi connectivity index (χ4n) is 3.42. The highest BCUT2D eigenvalue weighted by molar-refractivity contribution is 5.33. The maximum absolute atomic E-state index is 9.43. The highest BCUT2D eigenvalue weighted by Crippen LogP contribution is 2.24.